The lowest BCUT2D eigenvalue weighted by molar-refractivity contribution is -0.119. The summed E-state index contributed by atoms with van der Waals surface area (Å²) in [5, 5.41) is 3.71. The predicted molar refractivity (Wildman–Crippen MR) is 99.6 cm³/mol. The number of carbonyl (C=O) groups is 1. The highest BCUT2D eigenvalue weighted by molar-refractivity contribution is 9.10. The van der Waals surface area contributed by atoms with E-state index in [9.17, 15) is 4.79 Å². The van der Waals surface area contributed by atoms with E-state index in [1.807, 2.05) is 50.4 Å². The number of allylic oxidation sites excluding steroid dienone is 1. The molecule has 2 aromatic rings. The van der Waals surface area contributed by atoms with Gasteiger partial charge in [0.15, 0.2) is 5.16 Å². The first-order valence-electron chi connectivity index (χ1n) is 7.35. The fraction of sp³-hybridized carbons (Fsp3) is 0.294. The van der Waals surface area contributed by atoms with Crippen LogP contribution >= 0.6 is 27.7 Å². The minimum atomic E-state index is 0.0170. The number of nitrogens with one attached hydrogen (secondary N) is 1. The van der Waals surface area contributed by atoms with E-state index < -0.39 is 0 Å². The molecule has 122 valence electrons. The maximum atomic E-state index is 11.8. The van der Waals surface area contributed by atoms with Gasteiger partial charge in [-0.05, 0) is 31.5 Å². The van der Waals surface area contributed by atoms with Crippen LogP contribution in [0.25, 0.3) is 11.3 Å². The van der Waals surface area contributed by atoms with E-state index in [0.29, 0.717) is 12.3 Å². The zero-order chi connectivity index (χ0) is 16.8. The Morgan fingerprint density at radius 3 is 2.74 bits per heavy atom. The van der Waals surface area contributed by atoms with Crippen LogP contribution in [0, 0.1) is 0 Å². The largest absolute Gasteiger partial charge is 0.353 e. The number of imidazole rings is 1. The lowest BCUT2D eigenvalue weighted by Gasteiger charge is -2.11. The Balaban J connectivity index is 2.19. The SMILES string of the molecule is C=CCn1c(-c2ccc(Br)cc2)cnc1SCC(=O)NC(C)C. The summed E-state index contributed by atoms with van der Waals surface area (Å²) in [6, 6.07) is 8.24. The Hall–Kier alpha value is -1.53. The number of nitrogens with zero attached hydrogens (tertiary/aromatic N) is 2. The lowest BCUT2D eigenvalue weighted by Crippen LogP contribution is -2.31. The van der Waals surface area contributed by atoms with E-state index >= 15 is 0 Å². The number of halogens is 1. The number of hydrogen-bond donors (Lipinski definition) is 1. The third-order valence-corrected chi connectivity index (χ3v) is 4.57. The normalized spacial score (nSPS) is 10.8. The van der Waals surface area contributed by atoms with Crippen molar-refractivity contribution in [3.8, 4) is 11.3 Å². The Labute approximate surface area is 149 Å². The second kappa shape index (κ2) is 8.36. The average molecular weight is 394 g/mol. The zero-order valence-corrected chi connectivity index (χ0v) is 15.7. The van der Waals surface area contributed by atoms with Gasteiger partial charge < -0.3 is 9.88 Å². The fourth-order valence-corrected chi connectivity index (χ4v) is 3.19. The van der Waals surface area contributed by atoms with E-state index in [2.05, 4.69) is 37.4 Å². The predicted octanol–water partition coefficient (Wildman–Crippen LogP) is 4.12. The summed E-state index contributed by atoms with van der Waals surface area (Å²) in [6.07, 6.45) is 3.68. The molecule has 0 spiro atoms. The van der Waals surface area contributed by atoms with Gasteiger partial charge in [0.2, 0.25) is 5.91 Å². The van der Waals surface area contributed by atoms with E-state index in [-0.39, 0.29) is 11.9 Å². The Morgan fingerprint density at radius 2 is 2.13 bits per heavy atom. The number of aromatic nitrogens is 2. The van der Waals surface area contributed by atoms with E-state index in [1.165, 1.54) is 11.8 Å². The van der Waals surface area contributed by atoms with Crippen LogP contribution in [-0.2, 0) is 11.3 Å². The van der Waals surface area contributed by atoms with Crippen molar-refractivity contribution in [2.45, 2.75) is 31.6 Å². The number of thioether (sulfide) groups is 1. The number of hydrogen-bond acceptors (Lipinski definition) is 3. The van der Waals surface area contributed by atoms with Gasteiger partial charge in [-0.3, -0.25) is 4.79 Å². The smallest absolute Gasteiger partial charge is 0.230 e. The molecule has 1 aromatic carbocycles. The quantitative estimate of drug-likeness (QED) is 0.568. The highest BCUT2D eigenvalue weighted by Gasteiger charge is 2.13. The van der Waals surface area contributed by atoms with Gasteiger partial charge in [-0.15, -0.1) is 6.58 Å². The van der Waals surface area contributed by atoms with Gasteiger partial charge in [0, 0.05) is 17.1 Å². The Morgan fingerprint density at radius 1 is 1.43 bits per heavy atom. The van der Waals surface area contributed by atoms with Crippen molar-refractivity contribution in [1.82, 2.24) is 14.9 Å². The Bertz CT molecular complexity index is 680. The summed E-state index contributed by atoms with van der Waals surface area (Å²) >= 11 is 4.88. The fourth-order valence-electron chi connectivity index (χ4n) is 2.12. The van der Waals surface area contributed by atoms with Crippen molar-refractivity contribution < 1.29 is 4.79 Å². The second-order valence-corrected chi connectivity index (χ2v) is 7.20. The summed E-state index contributed by atoms with van der Waals surface area (Å²) < 4.78 is 3.11. The molecule has 0 radical (unpaired) electrons. The van der Waals surface area contributed by atoms with Crippen molar-refractivity contribution in [3.63, 3.8) is 0 Å². The van der Waals surface area contributed by atoms with Crippen LogP contribution in [0.1, 0.15) is 13.8 Å². The topological polar surface area (TPSA) is 46.9 Å². The van der Waals surface area contributed by atoms with Gasteiger partial charge in [-0.25, -0.2) is 4.98 Å². The standard InChI is InChI=1S/C17H20BrN3OS/c1-4-9-21-15(13-5-7-14(18)8-6-13)10-19-17(21)23-11-16(22)20-12(2)3/h4-8,10,12H,1,9,11H2,2-3H3,(H,20,22). The molecule has 1 amide bonds. The summed E-state index contributed by atoms with van der Waals surface area (Å²) in [7, 11) is 0. The maximum Gasteiger partial charge on any atom is 0.230 e. The molecule has 23 heavy (non-hydrogen) atoms. The van der Waals surface area contributed by atoms with Crippen LogP contribution in [0.5, 0.6) is 0 Å². The molecule has 0 fully saturated rings. The molecular weight excluding hydrogens is 374 g/mol. The minimum absolute atomic E-state index is 0.0170. The molecule has 0 aliphatic heterocycles. The Kier molecular flexibility index (Phi) is 6.47. The highest BCUT2D eigenvalue weighted by atomic mass is 79.9. The maximum absolute atomic E-state index is 11.8. The monoisotopic (exact) mass is 393 g/mol. The van der Waals surface area contributed by atoms with Crippen LogP contribution in [0.4, 0.5) is 0 Å². The van der Waals surface area contributed by atoms with Gasteiger partial charge >= 0.3 is 0 Å². The molecule has 1 aromatic heterocycles. The van der Waals surface area contributed by atoms with Gasteiger partial charge in [0.05, 0.1) is 17.6 Å². The van der Waals surface area contributed by atoms with Crippen LogP contribution in [0.3, 0.4) is 0 Å². The first-order chi connectivity index (χ1) is 11.0. The van der Waals surface area contributed by atoms with Crippen LogP contribution in [0.15, 0.2) is 52.7 Å². The van der Waals surface area contributed by atoms with Gasteiger partial charge in [-0.2, -0.15) is 0 Å². The molecule has 0 aliphatic rings. The summed E-state index contributed by atoms with van der Waals surface area (Å²) in [5.74, 6) is 0.370. The molecule has 0 saturated carbocycles. The molecule has 1 heterocycles. The first kappa shape index (κ1) is 17.8. The average Bonchev–Trinajstić information content (AvgIpc) is 2.89. The molecule has 0 saturated heterocycles. The van der Waals surface area contributed by atoms with Crippen LogP contribution in [0.2, 0.25) is 0 Å². The third-order valence-electron chi connectivity index (χ3n) is 3.05. The molecule has 0 aliphatic carbocycles. The van der Waals surface area contributed by atoms with Crippen molar-refractivity contribution in [2.75, 3.05) is 5.75 Å². The lowest BCUT2D eigenvalue weighted by atomic mass is 10.2. The van der Waals surface area contributed by atoms with Gasteiger partial charge in [0.1, 0.15) is 0 Å². The minimum Gasteiger partial charge on any atom is -0.353 e. The molecule has 6 heteroatoms. The summed E-state index contributed by atoms with van der Waals surface area (Å²) in [4.78, 5) is 16.3. The molecule has 0 bridgehead atoms. The zero-order valence-electron chi connectivity index (χ0n) is 13.3. The molecule has 4 nitrogen and oxygen atoms in total. The highest BCUT2D eigenvalue weighted by Crippen LogP contribution is 2.27. The van der Waals surface area contributed by atoms with E-state index in [4.69, 9.17) is 0 Å². The third kappa shape index (κ3) is 4.97. The molecule has 0 unspecified atom stereocenters. The first-order valence-corrected chi connectivity index (χ1v) is 9.13. The molecule has 0 atom stereocenters. The number of amides is 1. The van der Waals surface area contributed by atoms with E-state index in [0.717, 1.165) is 20.9 Å². The van der Waals surface area contributed by atoms with Crippen molar-refractivity contribution in [2.24, 2.45) is 0 Å². The van der Waals surface area contributed by atoms with Crippen molar-refractivity contribution >= 4 is 33.6 Å². The van der Waals surface area contributed by atoms with Crippen LogP contribution < -0.4 is 5.32 Å². The molecule has 2 rings (SSSR count). The molecule has 1 N–H and O–H groups in total. The number of benzene rings is 1. The van der Waals surface area contributed by atoms with E-state index in [1.54, 1.807) is 0 Å². The summed E-state index contributed by atoms with van der Waals surface area (Å²) in [6.45, 7) is 8.37. The number of rotatable bonds is 7. The second-order valence-electron chi connectivity index (χ2n) is 5.34. The number of carbonyl (C=O) groups excluding carboxylic acids is 1. The summed E-state index contributed by atoms with van der Waals surface area (Å²) in [5.41, 5.74) is 2.10. The van der Waals surface area contributed by atoms with Crippen molar-refractivity contribution in [3.05, 3.63) is 47.6 Å². The van der Waals surface area contributed by atoms with Gasteiger partial charge in [0.25, 0.3) is 0 Å². The molecular formula is C17H20BrN3OS. The van der Waals surface area contributed by atoms with Crippen molar-refractivity contribution in [1.29, 1.82) is 0 Å². The van der Waals surface area contributed by atoms with Gasteiger partial charge in [-0.1, -0.05) is 45.9 Å². The van der Waals surface area contributed by atoms with Crippen LogP contribution in [-0.4, -0.2) is 27.3 Å².